The van der Waals surface area contributed by atoms with Crippen molar-refractivity contribution in [1.29, 1.82) is 0 Å². The van der Waals surface area contributed by atoms with Crippen molar-refractivity contribution in [3.63, 3.8) is 0 Å². The molecular formula is C41H31N3. The molecule has 2 aliphatic carbocycles. The number of hydrogen-bond acceptors (Lipinski definition) is 1. The highest BCUT2D eigenvalue weighted by atomic mass is 15.1. The van der Waals surface area contributed by atoms with Gasteiger partial charge in [0, 0.05) is 33.5 Å². The van der Waals surface area contributed by atoms with Gasteiger partial charge in [0.2, 0.25) is 0 Å². The molecule has 1 atom stereocenters. The smallest absolute Gasteiger partial charge is 0.146 e. The van der Waals surface area contributed by atoms with E-state index in [1.165, 1.54) is 49.6 Å². The summed E-state index contributed by atoms with van der Waals surface area (Å²) in [5.41, 5.74) is 12.0. The van der Waals surface area contributed by atoms with E-state index in [4.69, 9.17) is 4.98 Å². The van der Waals surface area contributed by atoms with Gasteiger partial charge >= 0.3 is 0 Å². The van der Waals surface area contributed by atoms with E-state index in [1.54, 1.807) is 0 Å². The van der Waals surface area contributed by atoms with Gasteiger partial charge in [0.15, 0.2) is 0 Å². The highest BCUT2D eigenvalue weighted by Crippen LogP contribution is 2.42. The van der Waals surface area contributed by atoms with Gasteiger partial charge in [-0.05, 0) is 72.4 Å². The number of aromatic nitrogens is 3. The molecule has 0 saturated carbocycles. The highest BCUT2D eigenvalue weighted by molar-refractivity contribution is 6.16. The molecule has 9 rings (SSSR count). The monoisotopic (exact) mass is 565 g/mol. The Morgan fingerprint density at radius 1 is 0.614 bits per heavy atom. The molecule has 0 N–H and O–H groups in total. The zero-order chi connectivity index (χ0) is 29.0. The van der Waals surface area contributed by atoms with E-state index < -0.39 is 0 Å². The minimum Gasteiger partial charge on any atom is -0.311 e. The predicted molar refractivity (Wildman–Crippen MR) is 184 cm³/mol. The van der Waals surface area contributed by atoms with Crippen LogP contribution in [0.15, 0.2) is 157 Å². The van der Waals surface area contributed by atoms with Crippen LogP contribution in [0.5, 0.6) is 0 Å². The molecule has 0 radical (unpaired) electrons. The molecule has 2 aliphatic rings. The third-order valence-corrected chi connectivity index (χ3v) is 9.26. The lowest BCUT2D eigenvalue weighted by Crippen LogP contribution is -2.09. The Hall–Kier alpha value is -5.41. The van der Waals surface area contributed by atoms with Crippen LogP contribution < -0.4 is 0 Å². The van der Waals surface area contributed by atoms with Crippen molar-refractivity contribution < 1.29 is 0 Å². The minimum atomic E-state index is 0.287. The molecule has 3 nitrogen and oxygen atoms in total. The van der Waals surface area contributed by atoms with Crippen molar-refractivity contribution >= 4 is 49.6 Å². The number of allylic oxidation sites excluding steroid dienone is 8. The van der Waals surface area contributed by atoms with Crippen LogP contribution in [-0.4, -0.2) is 14.1 Å². The molecule has 210 valence electrons. The number of benzene rings is 4. The van der Waals surface area contributed by atoms with Crippen LogP contribution in [-0.2, 0) is 0 Å². The van der Waals surface area contributed by atoms with Crippen molar-refractivity contribution in [3.8, 4) is 5.69 Å². The lowest BCUT2D eigenvalue weighted by atomic mass is 9.84. The van der Waals surface area contributed by atoms with Gasteiger partial charge in [0.05, 0.1) is 22.1 Å². The third-order valence-electron chi connectivity index (χ3n) is 9.26. The predicted octanol–water partition coefficient (Wildman–Crippen LogP) is 10.5. The van der Waals surface area contributed by atoms with Crippen LogP contribution in [0.25, 0.3) is 55.3 Å². The second-order valence-corrected chi connectivity index (χ2v) is 11.9. The summed E-state index contributed by atoms with van der Waals surface area (Å²) in [6.07, 6.45) is 15.0. The standard InChI is InChI=1S/C41H31N3/c1-4-14-28(15-5-1)30-24-31(29-16-6-2-7-17-29)26-33(25-30)43-38-23-13-11-21-35(38)40-39(43)27-36-34-20-10-12-22-37(34)44(41(36)42-40)32-18-8-3-9-19-32/h1,3-6,8-24,26-27,30H,2,7,25H2. The molecule has 0 fully saturated rings. The summed E-state index contributed by atoms with van der Waals surface area (Å²) in [6, 6.07) is 41.4. The summed E-state index contributed by atoms with van der Waals surface area (Å²) in [7, 11) is 0. The van der Waals surface area contributed by atoms with Crippen LogP contribution in [0.4, 0.5) is 0 Å². The second kappa shape index (κ2) is 10.1. The molecule has 4 aromatic carbocycles. The Bertz CT molecular complexity index is 2340. The summed E-state index contributed by atoms with van der Waals surface area (Å²) in [6.45, 7) is 0. The van der Waals surface area contributed by atoms with Crippen molar-refractivity contribution in [2.75, 3.05) is 0 Å². The molecule has 3 heteroatoms. The van der Waals surface area contributed by atoms with Crippen LogP contribution in [0.3, 0.4) is 0 Å². The van der Waals surface area contributed by atoms with Gasteiger partial charge in [-0.2, -0.15) is 0 Å². The Kier molecular flexibility index (Phi) is 5.77. The Labute approximate surface area is 256 Å². The fourth-order valence-corrected chi connectivity index (χ4v) is 7.25. The minimum absolute atomic E-state index is 0.287. The SMILES string of the molecule is C1=CC(C2=CC(c3ccccc3)CC(n3c4ccccc4c4nc5c(cc43)c3ccccc3n5-c3ccccc3)=C2)=CCC1. The van der Waals surface area contributed by atoms with Crippen molar-refractivity contribution in [1.82, 2.24) is 14.1 Å². The van der Waals surface area contributed by atoms with Crippen molar-refractivity contribution in [3.05, 3.63) is 162 Å². The maximum absolute atomic E-state index is 5.50. The molecule has 0 aliphatic heterocycles. The fourth-order valence-electron chi connectivity index (χ4n) is 7.25. The number of para-hydroxylation sites is 3. The van der Waals surface area contributed by atoms with Gasteiger partial charge in [0.25, 0.3) is 0 Å². The first-order valence-electron chi connectivity index (χ1n) is 15.6. The lowest BCUT2D eigenvalue weighted by molar-refractivity contribution is 0.829. The van der Waals surface area contributed by atoms with Crippen molar-refractivity contribution in [2.45, 2.75) is 25.2 Å². The zero-order valence-corrected chi connectivity index (χ0v) is 24.4. The summed E-state index contributed by atoms with van der Waals surface area (Å²) in [5.74, 6) is 0.287. The Morgan fingerprint density at radius 2 is 1.32 bits per heavy atom. The quantitative estimate of drug-likeness (QED) is 0.208. The van der Waals surface area contributed by atoms with E-state index in [9.17, 15) is 0 Å². The van der Waals surface area contributed by atoms with Crippen LogP contribution in [0.2, 0.25) is 0 Å². The molecule has 0 bridgehead atoms. The summed E-state index contributed by atoms with van der Waals surface area (Å²) < 4.78 is 4.80. The number of hydrogen-bond donors (Lipinski definition) is 0. The van der Waals surface area contributed by atoms with E-state index in [2.05, 4.69) is 155 Å². The van der Waals surface area contributed by atoms with Gasteiger partial charge in [0.1, 0.15) is 5.65 Å². The molecule has 7 aromatic rings. The average Bonchev–Trinajstić information content (AvgIpc) is 3.60. The van der Waals surface area contributed by atoms with E-state index >= 15 is 0 Å². The first-order valence-corrected chi connectivity index (χ1v) is 15.6. The van der Waals surface area contributed by atoms with Gasteiger partial charge < -0.3 is 4.57 Å². The number of rotatable bonds is 4. The Balaban J connectivity index is 1.34. The fraction of sp³-hybridized carbons (Fsp3) is 0.0976. The normalized spacial score (nSPS) is 16.9. The summed E-state index contributed by atoms with van der Waals surface area (Å²) >= 11 is 0. The van der Waals surface area contributed by atoms with Gasteiger partial charge in [-0.1, -0.05) is 109 Å². The summed E-state index contributed by atoms with van der Waals surface area (Å²) in [5, 5.41) is 3.57. The molecule has 0 spiro atoms. The van der Waals surface area contributed by atoms with Crippen LogP contribution >= 0.6 is 0 Å². The van der Waals surface area contributed by atoms with Crippen molar-refractivity contribution in [2.24, 2.45) is 0 Å². The molecule has 3 aromatic heterocycles. The van der Waals surface area contributed by atoms with E-state index in [1.807, 2.05) is 0 Å². The van der Waals surface area contributed by atoms with E-state index in [-0.39, 0.29) is 5.92 Å². The first-order chi connectivity index (χ1) is 21.8. The molecule has 1 unspecified atom stereocenters. The van der Waals surface area contributed by atoms with Gasteiger partial charge in [-0.25, -0.2) is 4.98 Å². The highest BCUT2D eigenvalue weighted by Gasteiger charge is 2.24. The molecule has 44 heavy (non-hydrogen) atoms. The van der Waals surface area contributed by atoms with E-state index in [0.717, 1.165) is 41.6 Å². The maximum atomic E-state index is 5.50. The largest absolute Gasteiger partial charge is 0.311 e. The first kappa shape index (κ1) is 25.1. The van der Waals surface area contributed by atoms with Gasteiger partial charge in [-0.3, -0.25) is 4.57 Å². The molecule has 3 heterocycles. The number of pyridine rings is 1. The number of fused-ring (bicyclic) bond motifs is 6. The second-order valence-electron chi connectivity index (χ2n) is 11.9. The Morgan fingerprint density at radius 3 is 2.09 bits per heavy atom. The van der Waals surface area contributed by atoms with Crippen LogP contribution in [0, 0.1) is 0 Å². The topological polar surface area (TPSA) is 22.8 Å². The molecular weight excluding hydrogens is 534 g/mol. The number of nitrogens with zero attached hydrogens (tertiary/aromatic N) is 3. The van der Waals surface area contributed by atoms with Crippen LogP contribution in [0.1, 0.15) is 30.7 Å². The lowest BCUT2D eigenvalue weighted by Gasteiger charge is -2.25. The van der Waals surface area contributed by atoms with Gasteiger partial charge in [-0.15, -0.1) is 0 Å². The molecule has 0 amide bonds. The zero-order valence-electron chi connectivity index (χ0n) is 24.4. The third kappa shape index (κ3) is 3.93. The molecule has 0 saturated heterocycles. The summed E-state index contributed by atoms with van der Waals surface area (Å²) in [4.78, 5) is 5.50. The maximum Gasteiger partial charge on any atom is 0.146 e. The average molecular weight is 566 g/mol. The van der Waals surface area contributed by atoms with E-state index in [0.29, 0.717) is 0 Å².